The Morgan fingerprint density at radius 2 is 1.97 bits per heavy atom. The maximum Gasteiger partial charge on any atom is 0.335 e. The number of aliphatic hydroxyl groups excluding tert-OH is 3. The van der Waals surface area contributed by atoms with Crippen molar-refractivity contribution in [1.29, 1.82) is 0 Å². The van der Waals surface area contributed by atoms with Gasteiger partial charge in [-0.15, -0.1) is 0 Å². The van der Waals surface area contributed by atoms with E-state index in [-0.39, 0.29) is 17.7 Å². The molecule has 3 heterocycles. The molecule has 1 aromatic carbocycles. The molecule has 8 unspecified atom stereocenters. The molecule has 5 N–H and O–H groups in total. The molecule has 3 aliphatic heterocycles. The molecule has 2 aliphatic carbocycles. The van der Waals surface area contributed by atoms with E-state index in [1.54, 1.807) is 6.07 Å². The Labute approximate surface area is 189 Å². The highest BCUT2D eigenvalue weighted by atomic mass is 16.7. The summed E-state index contributed by atoms with van der Waals surface area (Å²) < 4.78 is 17.7. The fourth-order valence-electron chi connectivity index (χ4n) is 6.66. The minimum atomic E-state index is -1.79. The largest absolute Gasteiger partial charge is 0.504 e. The number of aliphatic hydroxyl groups is 3. The van der Waals surface area contributed by atoms with Gasteiger partial charge in [-0.3, -0.25) is 0 Å². The molecule has 2 saturated heterocycles. The van der Waals surface area contributed by atoms with Crippen LogP contribution >= 0.6 is 0 Å². The summed E-state index contributed by atoms with van der Waals surface area (Å²) in [5.74, 6) is -0.824. The zero-order chi connectivity index (χ0) is 23.2. The highest BCUT2D eigenvalue weighted by Gasteiger charge is 2.65. The predicted molar refractivity (Wildman–Crippen MR) is 111 cm³/mol. The summed E-state index contributed by atoms with van der Waals surface area (Å²) in [5, 5.41) is 50.5. The number of benzene rings is 1. The molecule has 10 atom stereocenters. The van der Waals surface area contributed by atoms with Crippen LogP contribution in [0.4, 0.5) is 0 Å². The maximum absolute atomic E-state index is 11.5. The number of phenolic OH excluding ortho intramolecular Hbond substituents is 1. The minimum Gasteiger partial charge on any atom is -0.504 e. The number of ether oxygens (including phenoxy) is 3. The summed E-state index contributed by atoms with van der Waals surface area (Å²) in [6, 6.07) is 3.85. The summed E-state index contributed by atoms with van der Waals surface area (Å²) >= 11 is 0. The van der Waals surface area contributed by atoms with Crippen LogP contribution in [0.3, 0.4) is 0 Å². The average molecular weight is 461 g/mol. The highest BCUT2D eigenvalue weighted by Crippen LogP contribution is 2.62. The molecule has 0 radical (unpaired) electrons. The Kier molecular flexibility index (Phi) is 4.62. The number of aromatic hydroxyl groups is 1. The summed E-state index contributed by atoms with van der Waals surface area (Å²) in [6.07, 6.45) is -4.16. The minimum absolute atomic E-state index is 0.0610. The topological polar surface area (TPSA) is 149 Å². The van der Waals surface area contributed by atoms with Crippen LogP contribution < -0.4 is 4.74 Å². The molecule has 178 valence electrons. The van der Waals surface area contributed by atoms with Crippen LogP contribution in [0, 0.1) is 5.92 Å². The van der Waals surface area contributed by atoms with E-state index >= 15 is 0 Å². The summed E-state index contributed by atoms with van der Waals surface area (Å²) in [7, 11) is 2.11. The van der Waals surface area contributed by atoms with Crippen LogP contribution in [0.2, 0.25) is 0 Å². The number of aliphatic carboxylic acids is 1. The fraction of sp³-hybridized carbons (Fsp3) is 0.609. The van der Waals surface area contributed by atoms with Gasteiger partial charge in [0.25, 0.3) is 0 Å². The molecule has 5 aliphatic rings. The van der Waals surface area contributed by atoms with Gasteiger partial charge in [-0.05, 0) is 38.1 Å². The monoisotopic (exact) mass is 461 g/mol. The number of likely N-dealkylation sites (tertiary alicyclic amines) is 1. The molecule has 6 rings (SSSR count). The van der Waals surface area contributed by atoms with Gasteiger partial charge in [-0.2, -0.15) is 0 Å². The lowest BCUT2D eigenvalue weighted by molar-refractivity contribution is -0.307. The molecular weight excluding hydrogens is 434 g/mol. The molecule has 1 aromatic rings. The molecule has 10 nitrogen and oxygen atoms in total. The van der Waals surface area contributed by atoms with Gasteiger partial charge in [0.15, 0.2) is 23.9 Å². The molecule has 2 fully saturated rings. The summed E-state index contributed by atoms with van der Waals surface area (Å²) in [5.41, 5.74) is 1.69. The van der Waals surface area contributed by atoms with Crippen molar-refractivity contribution in [3.63, 3.8) is 0 Å². The number of hydrogen-bond donors (Lipinski definition) is 5. The molecule has 0 saturated carbocycles. The van der Waals surface area contributed by atoms with Crippen LogP contribution in [0.25, 0.3) is 0 Å². The van der Waals surface area contributed by atoms with E-state index in [0.717, 1.165) is 30.5 Å². The molecule has 2 bridgehead atoms. The van der Waals surface area contributed by atoms with Gasteiger partial charge in [0, 0.05) is 22.9 Å². The summed E-state index contributed by atoms with van der Waals surface area (Å²) in [4.78, 5) is 13.8. The number of hydrogen-bond acceptors (Lipinski definition) is 9. The number of likely N-dealkylation sites (N-methyl/N-ethyl adjacent to an activating group) is 1. The maximum atomic E-state index is 11.5. The van der Waals surface area contributed by atoms with Crippen molar-refractivity contribution >= 4 is 5.97 Å². The second-order valence-electron chi connectivity index (χ2n) is 9.78. The SMILES string of the molecule is CN1CCC23c4c5ccc(O)c4OC2C(OC2OC(C(=O)O)C(O)C(O)C2O)C=C[C@H]3[C@H]1C5. The Hall–Kier alpha value is -2.21. The molecule has 0 amide bonds. The van der Waals surface area contributed by atoms with Crippen LogP contribution in [0.5, 0.6) is 11.5 Å². The third-order valence-electron chi connectivity index (χ3n) is 8.23. The second-order valence-corrected chi connectivity index (χ2v) is 9.78. The Morgan fingerprint density at radius 1 is 1.18 bits per heavy atom. The lowest BCUT2D eigenvalue weighted by Crippen LogP contribution is -2.66. The van der Waals surface area contributed by atoms with E-state index < -0.39 is 54.3 Å². The lowest BCUT2D eigenvalue weighted by Gasteiger charge is -2.57. The molecule has 33 heavy (non-hydrogen) atoms. The van der Waals surface area contributed by atoms with Gasteiger partial charge < -0.3 is 44.6 Å². The van der Waals surface area contributed by atoms with Crippen LogP contribution in [-0.4, -0.2) is 98.9 Å². The second kappa shape index (κ2) is 7.14. The zero-order valence-corrected chi connectivity index (χ0v) is 17.9. The highest BCUT2D eigenvalue weighted by molar-refractivity contribution is 5.73. The van der Waals surface area contributed by atoms with Crippen molar-refractivity contribution in [3.05, 3.63) is 35.4 Å². The van der Waals surface area contributed by atoms with Crippen molar-refractivity contribution in [2.45, 2.75) is 67.2 Å². The number of rotatable bonds is 3. The first-order valence-corrected chi connectivity index (χ1v) is 11.2. The molecular formula is C23H27NO9. The van der Waals surface area contributed by atoms with E-state index in [0.29, 0.717) is 5.75 Å². The molecule has 0 aromatic heterocycles. The fourth-order valence-corrected chi connectivity index (χ4v) is 6.66. The number of carbonyl (C=O) groups is 1. The van der Waals surface area contributed by atoms with Gasteiger partial charge in [0.2, 0.25) is 0 Å². The quantitative estimate of drug-likeness (QED) is 0.359. The Bertz CT molecular complexity index is 1030. The third-order valence-corrected chi connectivity index (χ3v) is 8.23. The standard InChI is InChI=1S/C23H27NO9/c1-24-7-6-23-10-3-5-13(31-22-17(28)15(26)16(27)19(33-22)21(29)30)20(23)32-18-12(25)4-2-9(14(18)23)8-11(10)24/h2-5,10-11,13,15-17,19-20,22,25-28H,6-8H2,1H3,(H,29,30)/t10-,11+,13?,15?,16?,17?,19?,20?,22?,23?/m0/s1. The number of phenols is 1. The van der Waals surface area contributed by atoms with Crippen molar-refractivity contribution in [3.8, 4) is 11.5 Å². The Balaban J connectivity index is 1.38. The number of nitrogens with zero attached hydrogens (tertiary/aromatic N) is 1. The van der Waals surface area contributed by atoms with E-state index in [9.17, 15) is 30.3 Å². The Morgan fingerprint density at radius 3 is 2.73 bits per heavy atom. The van der Waals surface area contributed by atoms with Gasteiger partial charge in [-0.25, -0.2) is 4.79 Å². The summed E-state index contributed by atoms with van der Waals surface area (Å²) in [6.45, 7) is 0.838. The van der Waals surface area contributed by atoms with Gasteiger partial charge >= 0.3 is 5.97 Å². The predicted octanol–water partition coefficient (Wildman–Crippen LogP) is -0.885. The normalized spacial score (nSPS) is 45.4. The van der Waals surface area contributed by atoms with Crippen molar-refractivity contribution in [2.24, 2.45) is 5.92 Å². The van der Waals surface area contributed by atoms with Crippen molar-refractivity contribution < 1.29 is 44.5 Å². The average Bonchev–Trinajstić information content (AvgIpc) is 3.14. The zero-order valence-electron chi connectivity index (χ0n) is 17.9. The van der Waals surface area contributed by atoms with Crippen LogP contribution in [0.1, 0.15) is 17.5 Å². The molecule has 10 heteroatoms. The number of carboxylic acid groups (broad SMARTS) is 1. The van der Waals surface area contributed by atoms with E-state index in [1.807, 2.05) is 12.1 Å². The molecule has 1 spiro atoms. The first-order chi connectivity index (χ1) is 15.7. The lowest BCUT2D eigenvalue weighted by atomic mass is 9.53. The van der Waals surface area contributed by atoms with Gasteiger partial charge in [-0.1, -0.05) is 18.2 Å². The van der Waals surface area contributed by atoms with Crippen molar-refractivity contribution in [2.75, 3.05) is 13.6 Å². The van der Waals surface area contributed by atoms with E-state index in [1.165, 1.54) is 0 Å². The van der Waals surface area contributed by atoms with Crippen LogP contribution in [0.15, 0.2) is 24.3 Å². The smallest absolute Gasteiger partial charge is 0.335 e. The number of piperidine rings is 1. The first-order valence-electron chi connectivity index (χ1n) is 11.2. The van der Waals surface area contributed by atoms with Gasteiger partial charge in [0.1, 0.15) is 30.5 Å². The third kappa shape index (κ3) is 2.73. The van der Waals surface area contributed by atoms with E-state index in [4.69, 9.17) is 14.2 Å². The van der Waals surface area contributed by atoms with Gasteiger partial charge in [0.05, 0.1) is 0 Å². The number of carboxylic acids is 1. The van der Waals surface area contributed by atoms with Crippen molar-refractivity contribution in [1.82, 2.24) is 4.90 Å². The van der Waals surface area contributed by atoms with E-state index in [2.05, 4.69) is 18.0 Å². The van der Waals surface area contributed by atoms with Crippen LogP contribution in [-0.2, 0) is 26.1 Å². The first kappa shape index (κ1) is 21.3.